The highest BCUT2D eigenvalue weighted by molar-refractivity contribution is 5.06. The summed E-state index contributed by atoms with van der Waals surface area (Å²) in [6.07, 6.45) is 19.7. The average molecular weight is 290 g/mol. The van der Waals surface area contributed by atoms with E-state index < -0.39 is 0 Å². The molecule has 0 nitrogen and oxygen atoms in total. The Morgan fingerprint density at radius 2 is 1.24 bits per heavy atom. The first kappa shape index (κ1) is 20.2. The molecule has 0 saturated carbocycles. The molecule has 0 heterocycles. The number of allylic oxidation sites excluding steroid dienone is 6. The van der Waals surface area contributed by atoms with E-state index in [-0.39, 0.29) is 0 Å². The SMILES string of the molecule is [CH2]C=C(C)CCC=C(C)CCC=C(C)CCCCCCC. The minimum Gasteiger partial charge on any atom is -0.0853 e. The van der Waals surface area contributed by atoms with Crippen molar-refractivity contribution in [1.29, 1.82) is 0 Å². The Hall–Kier alpha value is -0.780. The second-order valence-electron chi connectivity index (χ2n) is 6.39. The van der Waals surface area contributed by atoms with Gasteiger partial charge in [-0.15, -0.1) is 0 Å². The van der Waals surface area contributed by atoms with E-state index in [1.807, 2.05) is 6.08 Å². The van der Waals surface area contributed by atoms with Crippen LogP contribution in [0.4, 0.5) is 0 Å². The van der Waals surface area contributed by atoms with Crippen molar-refractivity contribution in [3.8, 4) is 0 Å². The van der Waals surface area contributed by atoms with Gasteiger partial charge in [0.15, 0.2) is 0 Å². The average Bonchev–Trinajstić information content (AvgIpc) is 2.46. The molecule has 0 N–H and O–H groups in total. The highest BCUT2D eigenvalue weighted by Gasteiger charge is 1.94. The van der Waals surface area contributed by atoms with Crippen LogP contribution in [0.5, 0.6) is 0 Å². The molecule has 0 unspecified atom stereocenters. The zero-order valence-electron chi connectivity index (χ0n) is 15.0. The molecule has 0 aromatic rings. The van der Waals surface area contributed by atoms with E-state index in [2.05, 4.69) is 46.8 Å². The summed E-state index contributed by atoms with van der Waals surface area (Å²) >= 11 is 0. The van der Waals surface area contributed by atoms with E-state index in [9.17, 15) is 0 Å². The van der Waals surface area contributed by atoms with Crippen molar-refractivity contribution in [3.05, 3.63) is 41.9 Å². The predicted octanol–water partition coefficient (Wildman–Crippen LogP) is 7.58. The van der Waals surface area contributed by atoms with Gasteiger partial charge in [0.25, 0.3) is 0 Å². The zero-order valence-corrected chi connectivity index (χ0v) is 15.0. The standard InChI is InChI=1S/C21H37/c1-6-8-9-10-11-14-20(4)17-13-18-21(5)16-12-15-19(3)7-2/h7,16-17H,2,6,8-15,18H2,1,3-5H3. The molecule has 1 radical (unpaired) electrons. The van der Waals surface area contributed by atoms with Crippen LogP contribution in [0.2, 0.25) is 0 Å². The van der Waals surface area contributed by atoms with Crippen LogP contribution in [0.15, 0.2) is 34.9 Å². The summed E-state index contributed by atoms with van der Waals surface area (Å²) in [7, 11) is 0. The Morgan fingerprint density at radius 1 is 0.714 bits per heavy atom. The third-order valence-corrected chi connectivity index (χ3v) is 4.09. The summed E-state index contributed by atoms with van der Waals surface area (Å²) < 4.78 is 0. The summed E-state index contributed by atoms with van der Waals surface area (Å²) in [5.41, 5.74) is 4.49. The summed E-state index contributed by atoms with van der Waals surface area (Å²) in [6.45, 7) is 12.8. The van der Waals surface area contributed by atoms with Crippen molar-refractivity contribution in [3.63, 3.8) is 0 Å². The molecule has 0 aromatic carbocycles. The number of hydrogen-bond acceptors (Lipinski definition) is 0. The fourth-order valence-electron chi connectivity index (χ4n) is 2.41. The lowest BCUT2D eigenvalue weighted by Gasteiger charge is -2.03. The van der Waals surface area contributed by atoms with E-state index in [0.717, 1.165) is 12.8 Å². The fourth-order valence-corrected chi connectivity index (χ4v) is 2.41. The normalized spacial score (nSPS) is 13.9. The zero-order chi connectivity index (χ0) is 15.9. The van der Waals surface area contributed by atoms with Gasteiger partial charge in [0.05, 0.1) is 0 Å². The van der Waals surface area contributed by atoms with Gasteiger partial charge in [-0.05, 0) is 66.2 Å². The third-order valence-electron chi connectivity index (χ3n) is 4.09. The van der Waals surface area contributed by atoms with Gasteiger partial charge in [-0.1, -0.05) is 67.6 Å². The molecule has 0 aromatic heterocycles. The minimum absolute atomic E-state index is 1.15. The van der Waals surface area contributed by atoms with E-state index in [4.69, 9.17) is 0 Å². The number of hydrogen-bond donors (Lipinski definition) is 0. The Bertz CT molecular complexity index is 328. The molecule has 0 aliphatic carbocycles. The van der Waals surface area contributed by atoms with Crippen LogP contribution in [-0.4, -0.2) is 0 Å². The van der Waals surface area contributed by atoms with Gasteiger partial charge < -0.3 is 0 Å². The molecule has 0 saturated heterocycles. The van der Waals surface area contributed by atoms with Gasteiger partial charge >= 0.3 is 0 Å². The lowest BCUT2D eigenvalue weighted by molar-refractivity contribution is 0.630. The lowest BCUT2D eigenvalue weighted by atomic mass is 10.0. The van der Waals surface area contributed by atoms with E-state index in [1.165, 1.54) is 62.5 Å². The Kier molecular flexibility index (Phi) is 13.6. The van der Waals surface area contributed by atoms with Crippen molar-refractivity contribution < 1.29 is 0 Å². The Morgan fingerprint density at radius 3 is 1.81 bits per heavy atom. The second kappa shape index (κ2) is 14.2. The van der Waals surface area contributed by atoms with Crippen molar-refractivity contribution in [2.24, 2.45) is 0 Å². The van der Waals surface area contributed by atoms with Crippen molar-refractivity contribution in [2.45, 2.75) is 91.9 Å². The van der Waals surface area contributed by atoms with Crippen LogP contribution < -0.4 is 0 Å². The highest BCUT2D eigenvalue weighted by atomic mass is 14.0. The topological polar surface area (TPSA) is 0 Å². The molecule has 0 heteroatoms. The largest absolute Gasteiger partial charge is 0.0853 e. The summed E-state index contributed by atoms with van der Waals surface area (Å²) in [6, 6.07) is 0. The molecule has 0 fully saturated rings. The van der Waals surface area contributed by atoms with E-state index in [1.54, 1.807) is 5.57 Å². The molecular weight excluding hydrogens is 252 g/mol. The fraction of sp³-hybridized carbons (Fsp3) is 0.667. The minimum atomic E-state index is 1.15. The van der Waals surface area contributed by atoms with Gasteiger partial charge in [0, 0.05) is 0 Å². The molecule has 21 heavy (non-hydrogen) atoms. The molecule has 0 amide bonds. The monoisotopic (exact) mass is 289 g/mol. The van der Waals surface area contributed by atoms with Crippen LogP contribution in [0.25, 0.3) is 0 Å². The van der Waals surface area contributed by atoms with Crippen LogP contribution in [0.1, 0.15) is 91.9 Å². The maximum atomic E-state index is 3.80. The molecular formula is C21H37. The van der Waals surface area contributed by atoms with Crippen LogP contribution in [-0.2, 0) is 0 Å². The van der Waals surface area contributed by atoms with E-state index >= 15 is 0 Å². The quantitative estimate of drug-likeness (QED) is 0.256. The van der Waals surface area contributed by atoms with Gasteiger partial charge in [-0.3, -0.25) is 0 Å². The van der Waals surface area contributed by atoms with Crippen molar-refractivity contribution >= 4 is 0 Å². The van der Waals surface area contributed by atoms with Gasteiger partial charge in [0.1, 0.15) is 0 Å². The summed E-state index contributed by atoms with van der Waals surface area (Å²) in [5.74, 6) is 0. The maximum absolute atomic E-state index is 3.80. The molecule has 0 spiro atoms. The molecule has 0 rings (SSSR count). The van der Waals surface area contributed by atoms with Gasteiger partial charge in [-0.2, -0.15) is 0 Å². The number of unbranched alkanes of at least 4 members (excludes halogenated alkanes) is 4. The predicted molar refractivity (Wildman–Crippen MR) is 98.5 cm³/mol. The van der Waals surface area contributed by atoms with Gasteiger partial charge in [-0.25, -0.2) is 0 Å². The third kappa shape index (κ3) is 13.9. The van der Waals surface area contributed by atoms with Crippen LogP contribution >= 0.6 is 0 Å². The first-order valence-corrected chi connectivity index (χ1v) is 8.86. The molecule has 0 atom stereocenters. The molecule has 0 aliphatic rings. The summed E-state index contributed by atoms with van der Waals surface area (Å²) in [5, 5.41) is 0. The smallest absolute Gasteiger partial charge is 0.0288 e. The van der Waals surface area contributed by atoms with Gasteiger partial charge in [0.2, 0.25) is 0 Å². The number of rotatable bonds is 12. The molecule has 0 bridgehead atoms. The Balaban J connectivity index is 3.73. The molecule has 0 aliphatic heterocycles. The van der Waals surface area contributed by atoms with Crippen molar-refractivity contribution in [1.82, 2.24) is 0 Å². The first-order valence-electron chi connectivity index (χ1n) is 8.86. The van der Waals surface area contributed by atoms with Crippen LogP contribution in [0.3, 0.4) is 0 Å². The summed E-state index contributed by atoms with van der Waals surface area (Å²) in [4.78, 5) is 0. The van der Waals surface area contributed by atoms with Crippen LogP contribution in [0, 0.1) is 6.92 Å². The first-order chi connectivity index (χ1) is 10.1. The Labute approximate surface area is 134 Å². The maximum Gasteiger partial charge on any atom is -0.0288 e. The highest BCUT2D eigenvalue weighted by Crippen LogP contribution is 2.14. The van der Waals surface area contributed by atoms with E-state index in [0.29, 0.717) is 0 Å². The second-order valence-corrected chi connectivity index (χ2v) is 6.39. The lowest BCUT2D eigenvalue weighted by Crippen LogP contribution is -1.83. The van der Waals surface area contributed by atoms with Crippen molar-refractivity contribution in [2.75, 3.05) is 0 Å². The molecule has 121 valence electrons.